The molecule has 0 bridgehead atoms. The van der Waals surface area contributed by atoms with E-state index in [4.69, 9.17) is 6.42 Å². The highest BCUT2D eigenvalue weighted by Gasteiger charge is 2.12. The molecule has 1 aromatic rings. The highest BCUT2D eigenvalue weighted by molar-refractivity contribution is 5.81. The quantitative estimate of drug-likeness (QED) is 0.668. The third-order valence-electron chi connectivity index (χ3n) is 2.45. The molecule has 0 aliphatic carbocycles. The Morgan fingerprint density at radius 3 is 2.67 bits per heavy atom. The van der Waals surface area contributed by atoms with Gasteiger partial charge in [-0.05, 0) is 12.0 Å². The lowest BCUT2D eigenvalue weighted by atomic mass is 9.95. The maximum absolute atomic E-state index is 11.6. The fraction of sp³-hybridized carbons (Fsp3) is 0.357. The summed E-state index contributed by atoms with van der Waals surface area (Å²) in [5, 5.41) is 0. The topological polar surface area (TPSA) is 17.1 Å². The minimum absolute atomic E-state index is 0.0701. The Bertz CT molecular complexity index is 345. The van der Waals surface area contributed by atoms with Crippen LogP contribution in [0.15, 0.2) is 30.3 Å². The lowest BCUT2D eigenvalue weighted by Gasteiger charge is -2.09. The molecule has 0 saturated heterocycles. The summed E-state index contributed by atoms with van der Waals surface area (Å²) in [6.07, 6.45) is 7.00. The molecule has 1 nitrogen and oxygen atoms in total. The molecule has 1 rings (SSSR count). The molecule has 1 aromatic carbocycles. The SMILES string of the molecule is C#CCCC(=O)C(C)Cc1ccccc1. The Morgan fingerprint density at radius 2 is 2.07 bits per heavy atom. The standard InChI is InChI=1S/C14H16O/c1-3-4-10-14(15)12(2)11-13-8-6-5-7-9-13/h1,5-9,12H,4,10-11H2,2H3. The van der Waals surface area contributed by atoms with E-state index in [9.17, 15) is 4.79 Å². The number of Topliss-reactive ketones (excluding diaryl/α,β-unsaturated/α-hetero) is 1. The van der Waals surface area contributed by atoms with Crippen molar-refractivity contribution in [3.05, 3.63) is 35.9 Å². The molecule has 0 heterocycles. The molecule has 0 spiro atoms. The monoisotopic (exact) mass is 200 g/mol. The largest absolute Gasteiger partial charge is 0.299 e. The molecular weight excluding hydrogens is 184 g/mol. The molecule has 1 atom stereocenters. The molecule has 0 aliphatic heterocycles. The number of carbonyl (C=O) groups excluding carboxylic acids is 1. The summed E-state index contributed by atoms with van der Waals surface area (Å²) in [6, 6.07) is 10.1. The van der Waals surface area contributed by atoms with Crippen LogP contribution in [-0.4, -0.2) is 5.78 Å². The van der Waals surface area contributed by atoms with Crippen LogP contribution in [0.25, 0.3) is 0 Å². The van der Waals surface area contributed by atoms with Crippen LogP contribution in [0.5, 0.6) is 0 Å². The zero-order valence-electron chi connectivity index (χ0n) is 9.07. The molecule has 0 aliphatic rings. The molecule has 78 valence electrons. The third-order valence-corrected chi connectivity index (χ3v) is 2.45. The molecular formula is C14H16O. The van der Waals surface area contributed by atoms with Crippen molar-refractivity contribution in [1.82, 2.24) is 0 Å². The van der Waals surface area contributed by atoms with Gasteiger partial charge in [0, 0.05) is 18.8 Å². The number of ketones is 1. The van der Waals surface area contributed by atoms with Crippen LogP contribution < -0.4 is 0 Å². The predicted octanol–water partition coefficient (Wildman–Crippen LogP) is 2.85. The minimum atomic E-state index is 0.0701. The minimum Gasteiger partial charge on any atom is -0.299 e. The van der Waals surface area contributed by atoms with E-state index in [0.717, 1.165) is 6.42 Å². The van der Waals surface area contributed by atoms with E-state index in [2.05, 4.69) is 5.92 Å². The summed E-state index contributed by atoms with van der Waals surface area (Å²) in [4.78, 5) is 11.6. The molecule has 1 unspecified atom stereocenters. The summed E-state index contributed by atoms with van der Waals surface area (Å²) in [5.41, 5.74) is 1.21. The predicted molar refractivity (Wildman–Crippen MR) is 62.4 cm³/mol. The summed E-state index contributed by atoms with van der Waals surface area (Å²) in [7, 11) is 0. The van der Waals surface area contributed by atoms with Crippen LogP contribution in [0.3, 0.4) is 0 Å². The van der Waals surface area contributed by atoms with Crippen molar-refractivity contribution in [2.75, 3.05) is 0 Å². The van der Waals surface area contributed by atoms with E-state index in [1.807, 2.05) is 37.3 Å². The van der Waals surface area contributed by atoms with Crippen LogP contribution in [0, 0.1) is 18.3 Å². The van der Waals surface area contributed by atoms with E-state index in [0.29, 0.717) is 12.8 Å². The van der Waals surface area contributed by atoms with Crippen molar-refractivity contribution in [3.8, 4) is 12.3 Å². The first-order valence-electron chi connectivity index (χ1n) is 5.24. The number of hydrogen-bond acceptors (Lipinski definition) is 1. The number of benzene rings is 1. The van der Waals surface area contributed by atoms with E-state index in [1.54, 1.807) is 0 Å². The summed E-state index contributed by atoms with van der Waals surface area (Å²) in [6.45, 7) is 1.96. The van der Waals surface area contributed by atoms with Crippen molar-refractivity contribution in [3.63, 3.8) is 0 Å². The van der Waals surface area contributed by atoms with Gasteiger partial charge in [0.05, 0.1) is 0 Å². The van der Waals surface area contributed by atoms with Gasteiger partial charge in [-0.2, -0.15) is 0 Å². The van der Waals surface area contributed by atoms with Gasteiger partial charge in [-0.3, -0.25) is 4.79 Å². The lowest BCUT2D eigenvalue weighted by molar-refractivity contribution is -0.122. The van der Waals surface area contributed by atoms with E-state index >= 15 is 0 Å². The molecule has 0 saturated carbocycles. The average Bonchev–Trinajstić information content (AvgIpc) is 2.27. The van der Waals surface area contributed by atoms with Crippen LogP contribution in [0.2, 0.25) is 0 Å². The first kappa shape index (κ1) is 11.5. The van der Waals surface area contributed by atoms with Gasteiger partial charge in [0.1, 0.15) is 5.78 Å². The molecule has 0 amide bonds. The van der Waals surface area contributed by atoms with Gasteiger partial charge in [-0.15, -0.1) is 12.3 Å². The molecule has 15 heavy (non-hydrogen) atoms. The zero-order chi connectivity index (χ0) is 11.1. The maximum atomic E-state index is 11.6. The Kier molecular flexibility index (Phi) is 4.63. The van der Waals surface area contributed by atoms with Gasteiger partial charge in [-0.25, -0.2) is 0 Å². The van der Waals surface area contributed by atoms with E-state index in [1.165, 1.54) is 5.56 Å². The van der Waals surface area contributed by atoms with Gasteiger partial charge < -0.3 is 0 Å². The Labute approximate surface area is 91.5 Å². The second kappa shape index (κ2) is 6.03. The lowest BCUT2D eigenvalue weighted by Crippen LogP contribution is -2.13. The van der Waals surface area contributed by atoms with Crippen molar-refractivity contribution in [2.45, 2.75) is 26.2 Å². The highest BCUT2D eigenvalue weighted by Crippen LogP contribution is 2.11. The fourth-order valence-electron chi connectivity index (χ4n) is 1.52. The normalized spacial score (nSPS) is 11.7. The zero-order valence-corrected chi connectivity index (χ0v) is 9.07. The molecule has 0 fully saturated rings. The molecule has 0 N–H and O–H groups in total. The van der Waals surface area contributed by atoms with E-state index in [-0.39, 0.29) is 11.7 Å². The smallest absolute Gasteiger partial charge is 0.136 e. The average molecular weight is 200 g/mol. The van der Waals surface area contributed by atoms with Crippen LogP contribution in [0.1, 0.15) is 25.3 Å². The Morgan fingerprint density at radius 1 is 1.40 bits per heavy atom. The van der Waals surface area contributed by atoms with Crippen molar-refractivity contribution < 1.29 is 4.79 Å². The van der Waals surface area contributed by atoms with Gasteiger partial charge in [0.2, 0.25) is 0 Å². The Balaban J connectivity index is 2.46. The van der Waals surface area contributed by atoms with Gasteiger partial charge in [0.25, 0.3) is 0 Å². The summed E-state index contributed by atoms with van der Waals surface area (Å²) < 4.78 is 0. The number of carbonyl (C=O) groups is 1. The molecule has 1 heteroatoms. The molecule has 0 aromatic heterocycles. The Hall–Kier alpha value is -1.55. The van der Waals surface area contributed by atoms with Crippen LogP contribution in [0.4, 0.5) is 0 Å². The molecule has 0 radical (unpaired) electrons. The van der Waals surface area contributed by atoms with Crippen LogP contribution in [-0.2, 0) is 11.2 Å². The van der Waals surface area contributed by atoms with Crippen LogP contribution >= 0.6 is 0 Å². The summed E-state index contributed by atoms with van der Waals surface area (Å²) >= 11 is 0. The number of terminal acetylenes is 1. The van der Waals surface area contributed by atoms with E-state index < -0.39 is 0 Å². The fourth-order valence-corrected chi connectivity index (χ4v) is 1.52. The van der Waals surface area contributed by atoms with Crippen molar-refractivity contribution in [2.24, 2.45) is 5.92 Å². The van der Waals surface area contributed by atoms with Crippen molar-refractivity contribution in [1.29, 1.82) is 0 Å². The first-order chi connectivity index (χ1) is 7.24. The van der Waals surface area contributed by atoms with Gasteiger partial charge in [-0.1, -0.05) is 37.3 Å². The third kappa shape index (κ3) is 3.99. The number of rotatable bonds is 5. The maximum Gasteiger partial charge on any atom is 0.136 e. The summed E-state index contributed by atoms with van der Waals surface area (Å²) in [5.74, 6) is 2.83. The van der Waals surface area contributed by atoms with Gasteiger partial charge >= 0.3 is 0 Å². The first-order valence-corrected chi connectivity index (χ1v) is 5.24. The van der Waals surface area contributed by atoms with Gasteiger partial charge in [0.15, 0.2) is 0 Å². The number of hydrogen-bond donors (Lipinski definition) is 0. The highest BCUT2D eigenvalue weighted by atomic mass is 16.1. The second-order valence-electron chi connectivity index (χ2n) is 3.76. The van der Waals surface area contributed by atoms with Crippen molar-refractivity contribution >= 4 is 5.78 Å². The second-order valence-corrected chi connectivity index (χ2v) is 3.76.